The second-order valence-corrected chi connectivity index (χ2v) is 7.77. The smallest absolute Gasteiger partial charge is 0.310 e. The lowest BCUT2D eigenvalue weighted by atomic mass is 10.0. The fourth-order valence-electron chi connectivity index (χ4n) is 3.47. The van der Waals surface area contributed by atoms with Crippen LogP contribution in [-0.4, -0.2) is 33.6 Å². The Morgan fingerprint density at radius 1 is 1.06 bits per heavy atom. The van der Waals surface area contributed by atoms with Crippen molar-refractivity contribution < 1.29 is 14.3 Å². The molecule has 1 N–H and O–H groups in total. The number of carbonyl (C=O) groups excluding carboxylic acids is 2. The van der Waals surface area contributed by atoms with Crippen molar-refractivity contribution >= 4 is 23.1 Å². The van der Waals surface area contributed by atoms with Crippen molar-refractivity contribution in [1.82, 2.24) is 14.6 Å². The molecule has 7 heteroatoms. The van der Waals surface area contributed by atoms with Gasteiger partial charge in [-0.1, -0.05) is 50.2 Å². The maximum atomic E-state index is 13.3. The van der Waals surface area contributed by atoms with Gasteiger partial charge < -0.3 is 10.1 Å². The Morgan fingerprint density at radius 2 is 1.88 bits per heavy atom. The summed E-state index contributed by atoms with van der Waals surface area (Å²) in [6.07, 6.45) is 1.85. The summed E-state index contributed by atoms with van der Waals surface area (Å²) in [5, 5.41) is 7.48. The van der Waals surface area contributed by atoms with Crippen molar-refractivity contribution in [3.63, 3.8) is 0 Å². The van der Waals surface area contributed by atoms with Gasteiger partial charge in [0.15, 0.2) is 11.5 Å². The summed E-state index contributed by atoms with van der Waals surface area (Å²) in [6.45, 7) is 4.25. The standard InChI is InChI=1S/C25H24N4O3/c1-16(2)17-9-6-10-19(14-17)24-27-23(21-12-7-13-29(21)28-24)25(31)26-20-11-5-4-8-18(20)15-22(30)32-3/h4-14,16H,15H2,1-3H3,(H,26,31). The quantitative estimate of drug-likeness (QED) is 0.458. The number of para-hydroxylation sites is 1. The van der Waals surface area contributed by atoms with Crippen LogP contribution in [0.3, 0.4) is 0 Å². The number of fused-ring (bicyclic) bond motifs is 1. The molecule has 1 amide bonds. The van der Waals surface area contributed by atoms with Gasteiger partial charge in [0, 0.05) is 17.4 Å². The van der Waals surface area contributed by atoms with E-state index in [0.717, 1.165) is 5.56 Å². The number of nitrogens with one attached hydrogen (secondary N) is 1. The molecule has 2 aromatic heterocycles. The number of benzene rings is 2. The summed E-state index contributed by atoms with van der Waals surface area (Å²) in [5.41, 5.74) is 4.06. The molecule has 2 aromatic carbocycles. The first kappa shape index (κ1) is 21.2. The zero-order valence-corrected chi connectivity index (χ0v) is 18.2. The molecule has 0 saturated carbocycles. The number of methoxy groups -OCH3 is 1. The Labute approximate surface area is 186 Å². The van der Waals surface area contributed by atoms with Gasteiger partial charge in [0.1, 0.15) is 0 Å². The van der Waals surface area contributed by atoms with E-state index in [9.17, 15) is 9.59 Å². The van der Waals surface area contributed by atoms with Crippen molar-refractivity contribution in [3.05, 3.63) is 83.7 Å². The molecule has 4 rings (SSSR count). The lowest BCUT2D eigenvalue weighted by molar-refractivity contribution is -0.139. The first-order chi connectivity index (χ1) is 15.5. The molecule has 0 aliphatic rings. The number of aromatic nitrogens is 3. The highest BCUT2D eigenvalue weighted by Crippen LogP contribution is 2.24. The van der Waals surface area contributed by atoms with Crippen LogP contribution in [0.5, 0.6) is 0 Å². The highest BCUT2D eigenvalue weighted by Gasteiger charge is 2.18. The Bertz CT molecular complexity index is 1290. The van der Waals surface area contributed by atoms with Crippen molar-refractivity contribution in [2.75, 3.05) is 12.4 Å². The monoisotopic (exact) mass is 428 g/mol. The molecule has 7 nitrogen and oxygen atoms in total. The van der Waals surface area contributed by atoms with Gasteiger partial charge in [-0.05, 0) is 41.3 Å². The minimum atomic E-state index is -0.380. The van der Waals surface area contributed by atoms with Crippen LogP contribution in [0.1, 0.15) is 41.4 Å². The number of hydrogen-bond donors (Lipinski definition) is 1. The minimum absolute atomic E-state index is 0.0600. The van der Waals surface area contributed by atoms with E-state index in [1.54, 1.807) is 35.0 Å². The molecule has 0 aliphatic carbocycles. The highest BCUT2D eigenvalue weighted by atomic mass is 16.5. The Hall–Kier alpha value is -4.00. The number of nitrogens with zero attached hydrogens (tertiary/aromatic N) is 3. The van der Waals surface area contributed by atoms with Crippen molar-refractivity contribution in [2.24, 2.45) is 0 Å². The zero-order valence-electron chi connectivity index (χ0n) is 18.2. The lowest BCUT2D eigenvalue weighted by Gasteiger charge is -2.12. The van der Waals surface area contributed by atoms with Gasteiger partial charge in [-0.3, -0.25) is 9.59 Å². The highest BCUT2D eigenvalue weighted by molar-refractivity contribution is 6.08. The van der Waals surface area contributed by atoms with E-state index in [4.69, 9.17) is 4.74 Å². The second kappa shape index (κ2) is 9.01. The van der Waals surface area contributed by atoms with E-state index >= 15 is 0 Å². The van der Waals surface area contributed by atoms with Crippen LogP contribution < -0.4 is 5.32 Å². The number of esters is 1. The van der Waals surface area contributed by atoms with Crippen LogP contribution in [0, 0.1) is 0 Å². The summed E-state index contributed by atoms with van der Waals surface area (Å²) >= 11 is 0. The average Bonchev–Trinajstić information content (AvgIpc) is 3.28. The normalized spacial score (nSPS) is 11.0. The third-order valence-electron chi connectivity index (χ3n) is 5.25. The number of ether oxygens (including phenoxy) is 1. The number of anilines is 1. The van der Waals surface area contributed by atoms with Crippen LogP contribution >= 0.6 is 0 Å². The summed E-state index contributed by atoms with van der Waals surface area (Å²) in [7, 11) is 1.34. The molecule has 0 bridgehead atoms. The zero-order chi connectivity index (χ0) is 22.7. The van der Waals surface area contributed by atoms with Gasteiger partial charge in [-0.25, -0.2) is 9.50 Å². The van der Waals surface area contributed by atoms with E-state index in [2.05, 4.69) is 35.3 Å². The van der Waals surface area contributed by atoms with Crippen molar-refractivity contribution in [3.8, 4) is 11.4 Å². The topological polar surface area (TPSA) is 85.6 Å². The van der Waals surface area contributed by atoms with Gasteiger partial charge in [0.25, 0.3) is 5.91 Å². The van der Waals surface area contributed by atoms with Crippen LogP contribution in [0.15, 0.2) is 66.9 Å². The van der Waals surface area contributed by atoms with Crippen LogP contribution in [0.25, 0.3) is 16.9 Å². The van der Waals surface area contributed by atoms with E-state index in [0.29, 0.717) is 28.5 Å². The first-order valence-corrected chi connectivity index (χ1v) is 10.4. The van der Waals surface area contributed by atoms with Gasteiger partial charge >= 0.3 is 5.97 Å². The molecule has 0 spiro atoms. The molecular formula is C25H24N4O3. The van der Waals surface area contributed by atoms with E-state index in [1.165, 1.54) is 12.7 Å². The average molecular weight is 428 g/mol. The molecule has 0 radical (unpaired) electrons. The first-order valence-electron chi connectivity index (χ1n) is 10.4. The molecule has 0 atom stereocenters. The van der Waals surface area contributed by atoms with Gasteiger partial charge in [-0.2, -0.15) is 0 Å². The molecule has 0 aliphatic heterocycles. The lowest BCUT2D eigenvalue weighted by Crippen LogP contribution is -2.18. The van der Waals surface area contributed by atoms with E-state index < -0.39 is 0 Å². The van der Waals surface area contributed by atoms with Crippen molar-refractivity contribution in [1.29, 1.82) is 0 Å². The fourth-order valence-corrected chi connectivity index (χ4v) is 3.47. The molecule has 4 aromatic rings. The van der Waals surface area contributed by atoms with E-state index in [1.807, 2.05) is 30.3 Å². The SMILES string of the molecule is COC(=O)Cc1ccccc1NC(=O)c1nc(-c2cccc(C(C)C)c2)nn2cccc12. The number of hydrogen-bond acceptors (Lipinski definition) is 5. The summed E-state index contributed by atoms with van der Waals surface area (Å²) in [6, 6.07) is 18.8. The molecule has 0 saturated heterocycles. The molecule has 32 heavy (non-hydrogen) atoms. The Morgan fingerprint density at radius 3 is 2.66 bits per heavy atom. The number of rotatable bonds is 6. The maximum Gasteiger partial charge on any atom is 0.310 e. The third-order valence-corrected chi connectivity index (χ3v) is 5.25. The van der Waals surface area contributed by atoms with Crippen LogP contribution in [0.2, 0.25) is 0 Å². The molecular weight excluding hydrogens is 404 g/mol. The van der Waals surface area contributed by atoms with E-state index in [-0.39, 0.29) is 24.0 Å². The largest absolute Gasteiger partial charge is 0.469 e. The Kier molecular flexibility index (Phi) is 5.98. The van der Waals surface area contributed by atoms with Crippen LogP contribution in [-0.2, 0) is 16.0 Å². The molecule has 0 unspecified atom stereocenters. The fraction of sp³-hybridized carbons (Fsp3) is 0.200. The van der Waals surface area contributed by atoms with Gasteiger partial charge in [0.2, 0.25) is 0 Å². The predicted molar refractivity (Wildman–Crippen MR) is 123 cm³/mol. The molecule has 2 heterocycles. The number of carbonyl (C=O) groups is 2. The van der Waals surface area contributed by atoms with Crippen molar-refractivity contribution in [2.45, 2.75) is 26.2 Å². The van der Waals surface area contributed by atoms with Gasteiger partial charge in [0.05, 0.1) is 19.0 Å². The molecule has 0 fully saturated rings. The second-order valence-electron chi connectivity index (χ2n) is 7.77. The summed E-state index contributed by atoms with van der Waals surface area (Å²) in [4.78, 5) is 29.6. The molecule has 162 valence electrons. The Balaban J connectivity index is 1.72. The minimum Gasteiger partial charge on any atom is -0.469 e. The summed E-state index contributed by atoms with van der Waals surface area (Å²) < 4.78 is 6.41. The summed E-state index contributed by atoms with van der Waals surface area (Å²) in [5.74, 6) is 0.0632. The third kappa shape index (κ3) is 4.37. The maximum absolute atomic E-state index is 13.3. The van der Waals surface area contributed by atoms with Gasteiger partial charge in [-0.15, -0.1) is 5.10 Å². The predicted octanol–water partition coefficient (Wildman–Crippen LogP) is 4.49. The van der Waals surface area contributed by atoms with Crippen LogP contribution in [0.4, 0.5) is 5.69 Å². The number of amides is 1.